The third kappa shape index (κ3) is 4.29. The lowest BCUT2D eigenvalue weighted by Gasteiger charge is -2.14. The Balaban J connectivity index is 1.93. The molecule has 0 aliphatic carbocycles. The van der Waals surface area contributed by atoms with Gasteiger partial charge in [-0.1, -0.05) is 60.7 Å². The second-order valence-electron chi connectivity index (χ2n) is 5.79. The molecule has 0 aliphatic rings. The second-order valence-corrected chi connectivity index (χ2v) is 7.53. The first kappa shape index (κ1) is 17.7. The van der Waals surface area contributed by atoms with E-state index in [1.165, 1.54) is 0 Å². The first-order valence-corrected chi connectivity index (χ1v) is 9.86. The minimum absolute atomic E-state index is 0.240. The van der Waals surface area contributed by atoms with Gasteiger partial charge in [0.25, 0.3) is 5.91 Å². The van der Waals surface area contributed by atoms with Gasteiger partial charge in [-0.05, 0) is 23.8 Å². The van der Waals surface area contributed by atoms with Gasteiger partial charge in [0.05, 0.1) is 17.5 Å². The molecule has 2 N–H and O–H groups in total. The first-order valence-electron chi connectivity index (χ1n) is 7.97. The average Bonchev–Trinajstić information content (AvgIpc) is 2.62. The molecular formula is C20H18N2O3S. The van der Waals surface area contributed by atoms with Crippen molar-refractivity contribution in [3.8, 4) is 11.1 Å². The summed E-state index contributed by atoms with van der Waals surface area (Å²) in [7, 11) is -3.49. The minimum Gasteiger partial charge on any atom is -0.321 e. The molecule has 3 aromatic rings. The molecule has 6 heteroatoms. The van der Waals surface area contributed by atoms with Crippen molar-refractivity contribution in [2.45, 2.75) is 0 Å². The number of benzene rings is 3. The summed E-state index contributed by atoms with van der Waals surface area (Å²) < 4.78 is 25.4. The number of anilines is 2. The Kier molecular flexibility index (Phi) is 5.04. The lowest BCUT2D eigenvalue weighted by molar-refractivity contribution is 0.102. The zero-order chi connectivity index (χ0) is 18.6. The third-order valence-corrected chi connectivity index (χ3v) is 4.32. The van der Waals surface area contributed by atoms with Crippen LogP contribution in [0.4, 0.5) is 11.4 Å². The molecule has 0 radical (unpaired) electrons. The molecule has 0 saturated heterocycles. The summed E-state index contributed by atoms with van der Waals surface area (Å²) in [6, 6.07) is 23.7. The zero-order valence-corrected chi connectivity index (χ0v) is 15.0. The minimum atomic E-state index is -3.49. The van der Waals surface area contributed by atoms with Gasteiger partial charge < -0.3 is 5.32 Å². The van der Waals surface area contributed by atoms with Crippen LogP contribution in [0.3, 0.4) is 0 Å². The van der Waals surface area contributed by atoms with Gasteiger partial charge in [-0.15, -0.1) is 0 Å². The van der Waals surface area contributed by atoms with E-state index >= 15 is 0 Å². The first-order chi connectivity index (χ1) is 12.4. The molecular weight excluding hydrogens is 348 g/mol. The fourth-order valence-corrected chi connectivity index (χ4v) is 3.20. The number of hydrogen-bond donors (Lipinski definition) is 2. The second kappa shape index (κ2) is 7.41. The van der Waals surface area contributed by atoms with Crippen LogP contribution in [0.15, 0.2) is 78.9 Å². The van der Waals surface area contributed by atoms with E-state index in [1.807, 2.05) is 54.6 Å². The van der Waals surface area contributed by atoms with Gasteiger partial charge >= 0.3 is 0 Å². The van der Waals surface area contributed by atoms with Gasteiger partial charge in [0.15, 0.2) is 0 Å². The predicted octanol–water partition coefficient (Wildman–Crippen LogP) is 3.98. The van der Waals surface area contributed by atoms with E-state index in [2.05, 4.69) is 10.0 Å². The van der Waals surface area contributed by atoms with Gasteiger partial charge in [-0.3, -0.25) is 9.52 Å². The Bertz CT molecular complexity index is 1030. The summed E-state index contributed by atoms with van der Waals surface area (Å²) in [5, 5.41) is 2.88. The SMILES string of the molecule is CS(=O)(=O)Nc1ccccc1C(=O)Nc1ccccc1-c1ccccc1. The van der Waals surface area contributed by atoms with E-state index in [-0.39, 0.29) is 17.2 Å². The molecule has 0 bridgehead atoms. The van der Waals surface area contributed by atoms with Crippen LogP contribution in [0.25, 0.3) is 11.1 Å². The van der Waals surface area contributed by atoms with Crippen LogP contribution in [0.2, 0.25) is 0 Å². The van der Waals surface area contributed by atoms with Crippen LogP contribution in [-0.4, -0.2) is 20.6 Å². The number of nitrogens with one attached hydrogen (secondary N) is 2. The van der Waals surface area contributed by atoms with E-state index in [9.17, 15) is 13.2 Å². The fraction of sp³-hybridized carbons (Fsp3) is 0.0500. The largest absolute Gasteiger partial charge is 0.321 e. The monoisotopic (exact) mass is 366 g/mol. The molecule has 0 aromatic heterocycles. The lowest BCUT2D eigenvalue weighted by Crippen LogP contribution is -2.17. The van der Waals surface area contributed by atoms with Gasteiger partial charge in [0, 0.05) is 11.3 Å². The Labute approximate surface area is 152 Å². The van der Waals surface area contributed by atoms with Crippen LogP contribution in [0, 0.1) is 0 Å². The van der Waals surface area contributed by atoms with Crippen LogP contribution >= 0.6 is 0 Å². The van der Waals surface area contributed by atoms with Crippen molar-refractivity contribution in [1.29, 1.82) is 0 Å². The molecule has 26 heavy (non-hydrogen) atoms. The maximum absolute atomic E-state index is 12.8. The summed E-state index contributed by atoms with van der Waals surface area (Å²) in [5.41, 5.74) is 3.00. The van der Waals surface area contributed by atoms with E-state index in [1.54, 1.807) is 24.3 Å². The summed E-state index contributed by atoms with van der Waals surface area (Å²) in [6.45, 7) is 0. The summed E-state index contributed by atoms with van der Waals surface area (Å²) in [5.74, 6) is -0.389. The highest BCUT2D eigenvalue weighted by Crippen LogP contribution is 2.28. The summed E-state index contributed by atoms with van der Waals surface area (Å²) in [4.78, 5) is 12.8. The number of amides is 1. The third-order valence-electron chi connectivity index (χ3n) is 3.73. The quantitative estimate of drug-likeness (QED) is 0.717. The molecule has 0 atom stereocenters. The molecule has 132 valence electrons. The highest BCUT2D eigenvalue weighted by atomic mass is 32.2. The number of rotatable bonds is 5. The average molecular weight is 366 g/mol. The van der Waals surface area contributed by atoms with Gasteiger partial charge in [-0.25, -0.2) is 8.42 Å². The van der Waals surface area contributed by atoms with Crippen molar-refractivity contribution in [1.82, 2.24) is 0 Å². The number of para-hydroxylation sites is 2. The van der Waals surface area contributed by atoms with E-state index < -0.39 is 10.0 Å². The van der Waals surface area contributed by atoms with Crippen LogP contribution in [0.5, 0.6) is 0 Å². The highest BCUT2D eigenvalue weighted by molar-refractivity contribution is 7.92. The van der Waals surface area contributed by atoms with Crippen molar-refractivity contribution in [3.63, 3.8) is 0 Å². The topological polar surface area (TPSA) is 75.3 Å². The van der Waals surface area contributed by atoms with Crippen LogP contribution in [0.1, 0.15) is 10.4 Å². The lowest BCUT2D eigenvalue weighted by atomic mass is 10.0. The standard InChI is InChI=1S/C20H18N2O3S/c1-26(24,25)22-19-14-8-6-12-17(19)20(23)21-18-13-7-5-11-16(18)15-9-3-2-4-10-15/h2-14,22H,1H3,(H,21,23). The van der Waals surface area contributed by atoms with Crippen molar-refractivity contribution in [3.05, 3.63) is 84.4 Å². The fourth-order valence-electron chi connectivity index (χ4n) is 2.62. The molecule has 0 unspecified atom stereocenters. The molecule has 0 spiro atoms. The van der Waals surface area contributed by atoms with E-state index in [4.69, 9.17) is 0 Å². The summed E-state index contributed by atoms with van der Waals surface area (Å²) in [6.07, 6.45) is 1.05. The molecule has 0 saturated carbocycles. The van der Waals surface area contributed by atoms with E-state index in [0.29, 0.717) is 5.69 Å². The highest BCUT2D eigenvalue weighted by Gasteiger charge is 2.15. The van der Waals surface area contributed by atoms with Crippen LogP contribution in [-0.2, 0) is 10.0 Å². The Morgan fingerprint density at radius 3 is 2.04 bits per heavy atom. The van der Waals surface area contributed by atoms with Gasteiger partial charge in [-0.2, -0.15) is 0 Å². The number of carbonyl (C=O) groups is 1. The molecule has 0 fully saturated rings. The Hall–Kier alpha value is -3.12. The van der Waals surface area contributed by atoms with Crippen LogP contribution < -0.4 is 10.0 Å². The Morgan fingerprint density at radius 1 is 0.769 bits per heavy atom. The van der Waals surface area contributed by atoms with Crippen molar-refractivity contribution in [2.24, 2.45) is 0 Å². The van der Waals surface area contributed by atoms with E-state index in [0.717, 1.165) is 17.4 Å². The normalized spacial score (nSPS) is 11.0. The van der Waals surface area contributed by atoms with Gasteiger partial charge in [0.1, 0.15) is 0 Å². The summed E-state index contributed by atoms with van der Waals surface area (Å²) >= 11 is 0. The number of sulfonamides is 1. The van der Waals surface area contributed by atoms with Gasteiger partial charge in [0.2, 0.25) is 10.0 Å². The molecule has 3 aromatic carbocycles. The number of hydrogen-bond acceptors (Lipinski definition) is 3. The molecule has 0 heterocycles. The van der Waals surface area contributed by atoms with Crippen molar-refractivity contribution in [2.75, 3.05) is 16.3 Å². The number of carbonyl (C=O) groups excluding carboxylic acids is 1. The Morgan fingerprint density at radius 2 is 1.35 bits per heavy atom. The van der Waals surface area contributed by atoms with Crippen molar-refractivity contribution < 1.29 is 13.2 Å². The van der Waals surface area contributed by atoms with Crippen molar-refractivity contribution >= 4 is 27.3 Å². The molecule has 0 aliphatic heterocycles. The predicted molar refractivity (Wildman–Crippen MR) is 105 cm³/mol. The molecule has 1 amide bonds. The molecule has 5 nitrogen and oxygen atoms in total. The molecule has 3 rings (SSSR count). The maximum Gasteiger partial charge on any atom is 0.257 e. The smallest absolute Gasteiger partial charge is 0.257 e. The maximum atomic E-state index is 12.8. The zero-order valence-electron chi connectivity index (χ0n) is 14.1.